The van der Waals surface area contributed by atoms with Crippen molar-refractivity contribution < 1.29 is 10.0 Å². The van der Waals surface area contributed by atoms with Crippen LogP contribution in [-0.4, -0.2) is 25.0 Å². The van der Waals surface area contributed by atoms with Crippen LogP contribution in [-0.2, 0) is 13.2 Å². The lowest BCUT2D eigenvalue weighted by atomic mass is 10.1. The van der Waals surface area contributed by atoms with Crippen LogP contribution in [0.3, 0.4) is 0 Å². The Bertz CT molecular complexity index is 890. The first-order chi connectivity index (χ1) is 12.1. The number of hydrogen-bond donors (Lipinski definition) is 2. The number of nitrogens with zero attached hydrogens (tertiary/aromatic N) is 4. The van der Waals surface area contributed by atoms with Crippen LogP contribution in [0.2, 0.25) is 0 Å². The average molecular weight is 339 g/mol. The maximum absolute atomic E-state index is 11.0. The minimum Gasteiger partial charge on any atom is -0.390 e. The number of nitro groups is 1. The molecule has 0 aliphatic heterocycles. The van der Waals surface area contributed by atoms with Gasteiger partial charge in [-0.1, -0.05) is 17.3 Å². The van der Waals surface area contributed by atoms with Crippen molar-refractivity contribution in [3.8, 4) is 5.69 Å². The van der Waals surface area contributed by atoms with Crippen LogP contribution in [0.25, 0.3) is 5.69 Å². The number of hydrogen-bond acceptors (Lipinski definition) is 6. The summed E-state index contributed by atoms with van der Waals surface area (Å²) in [6.07, 6.45) is 1.66. The minimum atomic E-state index is -0.369. The number of anilines is 1. The van der Waals surface area contributed by atoms with Crippen LogP contribution in [0.1, 0.15) is 16.8 Å². The van der Waals surface area contributed by atoms with Gasteiger partial charge < -0.3 is 10.4 Å². The molecule has 0 spiro atoms. The summed E-state index contributed by atoms with van der Waals surface area (Å²) in [7, 11) is 0. The van der Waals surface area contributed by atoms with Gasteiger partial charge in [-0.25, -0.2) is 4.68 Å². The van der Waals surface area contributed by atoms with E-state index in [4.69, 9.17) is 5.11 Å². The van der Waals surface area contributed by atoms with Gasteiger partial charge in [0, 0.05) is 23.9 Å². The van der Waals surface area contributed by atoms with E-state index < -0.39 is 0 Å². The first-order valence-corrected chi connectivity index (χ1v) is 7.68. The van der Waals surface area contributed by atoms with Crippen molar-refractivity contribution in [3.05, 3.63) is 75.6 Å². The number of benzene rings is 2. The molecule has 0 atom stereocenters. The molecule has 0 saturated heterocycles. The zero-order chi connectivity index (χ0) is 17.8. The molecule has 0 aliphatic rings. The van der Waals surface area contributed by atoms with E-state index >= 15 is 0 Å². The van der Waals surface area contributed by atoms with E-state index in [0.29, 0.717) is 17.8 Å². The molecule has 3 rings (SSSR count). The van der Waals surface area contributed by atoms with Gasteiger partial charge in [-0.15, -0.1) is 5.10 Å². The van der Waals surface area contributed by atoms with Gasteiger partial charge in [0.25, 0.3) is 5.69 Å². The Balaban J connectivity index is 1.70. The van der Waals surface area contributed by atoms with Gasteiger partial charge in [-0.2, -0.15) is 0 Å². The molecule has 1 heterocycles. The first-order valence-electron chi connectivity index (χ1n) is 7.68. The summed E-state index contributed by atoms with van der Waals surface area (Å²) in [6.45, 7) is 2.09. The molecule has 0 saturated carbocycles. The van der Waals surface area contributed by atoms with Crippen molar-refractivity contribution in [2.45, 2.75) is 20.1 Å². The van der Waals surface area contributed by atoms with Crippen molar-refractivity contribution in [2.75, 3.05) is 5.32 Å². The molecule has 0 fully saturated rings. The largest absolute Gasteiger partial charge is 0.390 e. The SMILES string of the molecule is Cc1c(CNc2ccc(-n3cc(CO)nn3)cc2)cccc1[N+](=O)[O-]. The minimum absolute atomic E-state index is 0.125. The Morgan fingerprint density at radius 2 is 2.00 bits per heavy atom. The highest BCUT2D eigenvalue weighted by Crippen LogP contribution is 2.22. The molecule has 0 aliphatic carbocycles. The van der Waals surface area contributed by atoms with E-state index in [1.807, 2.05) is 30.3 Å². The van der Waals surface area contributed by atoms with E-state index in [1.165, 1.54) is 6.07 Å². The summed E-state index contributed by atoms with van der Waals surface area (Å²) in [5.41, 5.74) is 3.88. The summed E-state index contributed by atoms with van der Waals surface area (Å²) in [5, 5.41) is 31.1. The predicted octanol–water partition coefficient (Wildman–Crippen LogP) is 2.59. The lowest BCUT2D eigenvalue weighted by Gasteiger charge is -2.10. The van der Waals surface area contributed by atoms with Crippen LogP contribution in [0.5, 0.6) is 0 Å². The molecule has 2 aromatic carbocycles. The second-order valence-electron chi connectivity index (χ2n) is 5.53. The highest BCUT2D eigenvalue weighted by atomic mass is 16.6. The normalized spacial score (nSPS) is 10.6. The number of aliphatic hydroxyl groups is 1. The summed E-state index contributed by atoms with van der Waals surface area (Å²) in [4.78, 5) is 10.6. The van der Waals surface area contributed by atoms with Crippen LogP contribution in [0, 0.1) is 17.0 Å². The summed E-state index contributed by atoms with van der Waals surface area (Å²) >= 11 is 0. The lowest BCUT2D eigenvalue weighted by Crippen LogP contribution is -2.03. The van der Waals surface area contributed by atoms with Crippen LogP contribution in [0.15, 0.2) is 48.7 Å². The topological polar surface area (TPSA) is 106 Å². The Morgan fingerprint density at radius 1 is 1.24 bits per heavy atom. The molecule has 3 aromatic rings. The third kappa shape index (κ3) is 3.64. The van der Waals surface area contributed by atoms with Crippen molar-refractivity contribution in [1.82, 2.24) is 15.0 Å². The van der Waals surface area contributed by atoms with Gasteiger partial charge in [-0.3, -0.25) is 10.1 Å². The quantitative estimate of drug-likeness (QED) is 0.528. The van der Waals surface area contributed by atoms with Crippen LogP contribution in [0.4, 0.5) is 11.4 Å². The van der Waals surface area contributed by atoms with Crippen LogP contribution >= 0.6 is 0 Å². The number of nitrogens with one attached hydrogen (secondary N) is 1. The van der Waals surface area contributed by atoms with Gasteiger partial charge in [0.15, 0.2) is 0 Å². The fourth-order valence-corrected chi connectivity index (χ4v) is 2.49. The number of nitro benzene ring substituents is 1. The molecule has 8 nitrogen and oxygen atoms in total. The van der Waals surface area contributed by atoms with E-state index in [1.54, 1.807) is 23.9 Å². The molecule has 0 unspecified atom stereocenters. The highest BCUT2D eigenvalue weighted by Gasteiger charge is 2.12. The van der Waals surface area contributed by atoms with Gasteiger partial charge >= 0.3 is 0 Å². The van der Waals surface area contributed by atoms with E-state index in [9.17, 15) is 10.1 Å². The molecule has 0 radical (unpaired) electrons. The van der Waals surface area contributed by atoms with Gasteiger partial charge in [0.2, 0.25) is 0 Å². The Labute approximate surface area is 143 Å². The summed E-state index contributed by atoms with van der Waals surface area (Å²) in [6, 6.07) is 12.6. The zero-order valence-corrected chi connectivity index (χ0v) is 13.6. The van der Waals surface area contributed by atoms with Gasteiger partial charge in [0.1, 0.15) is 5.69 Å². The maximum Gasteiger partial charge on any atom is 0.272 e. The summed E-state index contributed by atoms with van der Waals surface area (Å²) < 4.78 is 1.58. The van der Waals surface area contributed by atoms with E-state index in [2.05, 4.69) is 15.6 Å². The van der Waals surface area contributed by atoms with Crippen LogP contribution < -0.4 is 5.32 Å². The molecule has 2 N–H and O–H groups in total. The van der Waals surface area contributed by atoms with Crippen molar-refractivity contribution >= 4 is 11.4 Å². The third-order valence-corrected chi connectivity index (χ3v) is 3.93. The second kappa shape index (κ2) is 7.10. The molecule has 1 aromatic heterocycles. The smallest absolute Gasteiger partial charge is 0.272 e. The molecule has 8 heteroatoms. The third-order valence-electron chi connectivity index (χ3n) is 3.93. The summed E-state index contributed by atoms with van der Waals surface area (Å²) in [5.74, 6) is 0. The molecular formula is C17H17N5O3. The standard InChI is InChI=1S/C17H17N5O3/c1-12-13(3-2-4-17(12)22(24)25)9-18-14-5-7-16(8-6-14)21-10-15(11-23)19-20-21/h2-8,10,18,23H,9,11H2,1H3. The highest BCUT2D eigenvalue weighted by molar-refractivity contribution is 5.51. The molecule has 128 valence electrons. The molecule has 0 amide bonds. The van der Waals surface area contributed by atoms with Gasteiger partial charge in [-0.05, 0) is 36.8 Å². The first kappa shape index (κ1) is 16.6. The average Bonchev–Trinajstić information content (AvgIpc) is 3.10. The second-order valence-corrected chi connectivity index (χ2v) is 5.53. The Morgan fingerprint density at radius 3 is 2.64 bits per heavy atom. The molecular weight excluding hydrogens is 322 g/mol. The fourth-order valence-electron chi connectivity index (χ4n) is 2.49. The van der Waals surface area contributed by atoms with Crippen molar-refractivity contribution in [2.24, 2.45) is 0 Å². The molecule has 25 heavy (non-hydrogen) atoms. The Kier molecular flexibility index (Phi) is 4.71. The monoisotopic (exact) mass is 339 g/mol. The molecule has 0 bridgehead atoms. The zero-order valence-electron chi connectivity index (χ0n) is 13.6. The number of rotatable bonds is 6. The van der Waals surface area contributed by atoms with E-state index in [-0.39, 0.29) is 17.2 Å². The predicted molar refractivity (Wildman–Crippen MR) is 92.4 cm³/mol. The maximum atomic E-state index is 11.0. The lowest BCUT2D eigenvalue weighted by molar-refractivity contribution is -0.385. The number of aliphatic hydroxyl groups excluding tert-OH is 1. The van der Waals surface area contributed by atoms with Crippen molar-refractivity contribution in [1.29, 1.82) is 0 Å². The van der Waals surface area contributed by atoms with Crippen molar-refractivity contribution in [3.63, 3.8) is 0 Å². The van der Waals surface area contributed by atoms with E-state index in [0.717, 1.165) is 16.9 Å². The fraction of sp³-hybridized carbons (Fsp3) is 0.176. The Hall–Kier alpha value is -3.26. The van der Waals surface area contributed by atoms with Gasteiger partial charge in [0.05, 0.1) is 23.4 Å². The number of aromatic nitrogens is 3.